The van der Waals surface area contributed by atoms with Gasteiger partial charge >= 0.3 is 5.97 Å². The second-order valence-electron chi connectivity index (χ2n) is 6.87. The van der Waals surface area contributed by atoms with Crippen molar-refractivity contribution in [3.63, 3.8) is 0 Å². The van der Waals surface area contributed by atoms with Crippen molar-refractivity contribution in [2.75, 3.05) is 25.0 Å². The van der Waals surface area contributed by atoms with Gasteiger partial charge in [-0.3, -0.25) is 14.7 Å². The first-order chi connectivity index (χ1) is 13.0. The second kappa shape index (κ2) is 8.63. The Morgan fingerprint density at radius 3 is 2.59 bits per heavy atom. The van der Waals surface area contributed by atoms with Gasteiger partial charge < -0.3 is 10.4 Å². The summed E-state index contributed by atoms with van der Waals surface area (Å²) in [7, 11) is 0. The van der Waals surface area contributed by atoms with Crippen LogP contribution in [0.25, 0.3) is 11.3 Å². The Balaban J connectivity index is 1.89. The largest absolute Gasteiger partial charge is 0.478 e. The van der Waals surface area contributed by atoms with Gasteiger partial charge in [0.25, 0.3) is 0 Å². The quantitative estimate of drug-likeness (QED) is 0.788. The fourth-order valence-electron chi connectivity index (χ4n) is 3.39. The molecule has 2 N–H and O–H groups in total. The molecule has 2 aromatic heterocycles. The molecule has 1 amide bonds. The van der Waals surface area contributed by atoms with Crippen LogP contribution in [0.15, 0.2) is 18.3 Å². The van der Waals surface area contributed by atoms with E-state index in [0.29, 0.717) is 29.2 Å². The van der Waals surface area contributed by atoms with Gasteiger partial charge in [-0.25, -0.2) is 4.79 Å². The number of carbonyl (C=O) groups excluding carboxylic acids is 1. The average Bonchev–Trinajstić information content (AvgIpc) is 3.01. The Morgan fingerprint density at radius 2 is 2.00 bits per heavy atom. The number of carboxylic acid groups (broad SMARTS) is 1. The minimum Gasteiger partial charge on any atom is -0.478 e. The van der Waals surface area contributed by atoms with E-state index in [4.69, 9.17) is 0 Å². The molecule has 6 nitrogen and oxygen atoms in total. The summed E-state index contributed by atoms with van der Waals surface area (Å²) < 4.78 is 0. The summed E-state index contributed by atoms with van der Waals surface area (Å²) in [5.41, 5.74) is 2.39. The lowest BCUT2D eigenvalue weighted by molar-refractivity contribution is -0.117. The molecule has 1 aliphatic rings. The van der Waals surface area contributed by atoms with E-state index < -0.39 is 5.97 Å². The lowest BCUT2D eigenvalue weighted by atomic mass is 10.0. The third kappa shape index (κ3) is 4.54. The maximum absolute atomic E-state index is 12.5. The number of thiophene rings is 1. The van der Waals surface area contributed by atoms with Gasteiger partial charge in [0.2, 0.25) is 5.91 Å². The van der Waals surface area contributed by atoms with Crippen molar-refractivity contribution in [3.05, 3.63) is 34.3 Å². The van der Waals surface area contributed by atoms with Crippen LogP contribution in [0.4, 0.5) is 5.00 Å². The molecule has 27 heavy (non-hydrogen) atoms. The Morgan fingerprint density at radius 1 is 1.26 bits per heavy atom. The van der Waals surface area contributed by atoms with Crippen molar-refractivity contribution >= 4 is 28.2 Å². The zero-order valence-electron chi connectivity index (χ0n) is 15.7. The monoisotopic (exact) mass is 387 g/mol. The van der Waals surface area contributed by atoms with E-state index >= 15 is 0 Å². The number of piperidine rings is 1. The van der Waals surface area contributed by atoms with Crippen LogP contribution < -0.4 is 5.32 Å². The Hall–Kier alpha value is -2.25. The van der Waals surface area contributed by atoms with Gasteiger partial charge in [0, 0.05) is 16.6 Å². The molecule has 0 unspecified atom stereocenters. The fourth-order valence-corrected chi connectivity index (χ4v) is 4.55. The highest BCUT2D eigenvalue weighted by Gasteiger charge is 2.26. The first-order valence-corrected chi connectivity index (χ1v) is 10.2. The maximum atomic E-state index is 12.5. The number of carbonyl (C=O) groups is 2. The van der Waals surface area contributed by atoms with Crippen molar-refractivity contribution in [1.82, 2.24) is 9.88 Å². The Labute approximate surface area is 163 Å². The third-order valence-corrected chi connectivity index (χ3v) is 6.00. The number of aromatic nitrogens is 1. The summed E-state index contributed by atoms with van der Waals surface area (Å²) in [6.07, 6.45) is 5.83. The first-order valence-electron chi connectivity index (χ1n) is 9.33. The van der Waals surface area contributed by atoms with Gasteiger partial charge in [0.05, 0.1) is 12.2 Å². The summed E-state index contributed by atoms with van der Waals surface area (Å²) in [4.78, 5) is 31.9. The average molecular weight is 388 g/mol. The summed E-state index contributed by atoms with van der Waals surface area (Å²) in [6, 6.07) is 3.75. The van der Waals surface area contributed by atoms with E-state index in [-0.39, 0.29) is 11.5 Å². The predicted octanol–water partition coefficient (Wildman–Crippen LogP) is 3.80. The number of amides is 1. The first kappa shape index (κ1) is 19.5. The maximum Gasteiger partial charge on any atom is 0.339 e. The minimum atomic E-state index is -1.04. The van der Waals surface area contributed by atoms with E-state index in [2.05, 4.69) is 15.2 Å². The van der Waals surface area contributed by atoms with Gasteiger partial charge in [-0.2, -0.15) is 0 Å². The standard InChI is InChI=1S/C20H25N3O3S/c1-3-15-17(14-8-7-13(2)11-21-14)18(20(25)26)19(27-15)22-16(24)12-23-9-5-4-6-10-23/h7-8,11H,3-6,9-10,12H2,1-2H3,(H,22,24)(H,25,26). The van der Waals surface area contributed by atoms with Crippen LogP contribution >= 0.6 is 11.3 Å². The van der Waals surface area contributed by atoms with E-state index in [9.17, 15) is 14.7 Å². The van der Waals surface area contributed by atoms with Crippen molar-refractivity contribution in [1.29, 1.82) is 0 Å². The molecule has 0 spiro atoms. The van der Waals surface area contributed by atoms with Crippen LogP contribution in [-0.2, 0) is 11.2 Å². The highest BCUT2D eigenvalue weighted by Crippen LogP contribution is 2.40. The van der Waals surface area contributed by atoms with E-state index in [1.807, 2.05) is 26.0 Å². The smallest absolute Gasteiger partial charge is 0.339 e. The molecule has 0 bridgehead atoms. The molecule has 1 aliphatic heterocycles. The highest BCUT2D eigenvalue weighted by molar-refractivity contribution is 7.17. The van der Waals surface area contributed by atoms with Gasteiger partial charge in [-0.1, -0.05) is 19.4 Å². The molecular formula is C20H25N3O3S. The van der Waals surface area contributed by atoms with E-state index in [1.54, 1.807) is 6.20 Å². The van der Waals surface area contributed by atoms with Crippen molar-refractivity contribution in [2.45, 2.75) is 39.5 Å². The number of pyridine rings is 1. The highest BCUT2D eigenvalue weighted by atomic mass is 32.1. The minimum absolute atomic E-state index is 0.139. The fraction of sp³-hybridized carbons (Fsp3) is 0.450. The van der Waals surface area contributed by atoms with Crippen LogP contribution in [0.5, 0.6) is 0 Å². The Kier molecular flexibility index (Phi) is 6.23. The van der Waals surface area contributed by atoms with Gasteiger partial charge in [-0.05, 0) is 50.9 Å². The third-order valence-electron chi connectivity index (χ3n) is 4.75. The number of hydrogen-bond acceptors (Lipinski definition) is 5. The number of aromatic carboxylic acids is 1. The van der Waals surface area contributed by atoms with E-state index in [1.165, 1.54) is 17.8 Å². The van der Waals surface area contributed by atoms with Crippen LogP contribution in [0.2, 0.25) is 0 Å². The molecule has 0 saturated carbocycles. The second-order valence-corrected chi connectivity index (χ2v) is 7.97. The number of anilines is 1. The Bertz CT molecular complexity index is 824. The van der Waals surface area contributed by atoms with Crippen molar-refractivity contribution in [2.24, 2.45) is 0 Å². The normalized spacial score (nSPS) is 14.9. The van der Waals surface area contributed by atoms with Gasteiger partial charge in [0.1, 0.15) is 10.6 Å². The molecule has 0 aromatic carbocycles. The van der Waals surface area contributed by atoms with Crippen molar-refractivity contribution < 1.29 is 14.7 Å². The SMILES string of the molecule is CCc1sc(NC(=O)CN2CCCCC2)c(C(=O)O)c1-c1ccc(C)cn1. The zero-order chi connectivity index (χ0) is 19.4. The molecular weight excluding hydrogens is 362 g/mol. The lowest BCUT2D eigenvalue weighted by Crippen LogP contribution is -2.36. The molecule has 144 valence electrons. The molecule has 3 heterocycles. The molecule has 1 fully saturated rings. The van der Waals surface area contributed by atoms with Crippen LogP contribution in [-0.4, -0.2) is 46.5 Å². The number of aryl methyl sites for hydroxylation is 2. The van der Waals surface area contributed by atoms with Crippen LogP contribution in [0.1, 0.15) is 47.0 Å². The predicted molar refractivity (Wildman–Crippen MR) is 108 cm³/mol. The summed E-state index contributed by atoms with van der Waals surface area (Å²) in [5.74, 6) is -1.21. The number of hydrogen-bond donors (Lipinski definition) is 2. The van der Waals surface area contributed by atoms with Crippen LogP contribution in [0.3, 0.4) is 0 Å². The number of nitrogens with one attached hydrogen (secondary N) is 1. The molecule has 3 rings (SSSR count). The molecule has 7 heteroatoms. The lowest BCUT2D eigenvalue weighted by Gasteiger charge is -2.25. The van der Waals surface area contributed by atoms with Gasteiger partial charge in [-0.15, -0.1) is 11.3 Å². The molecule has 1 saturated heterocycles. The zero-order valence-corrected chi connectivity index (χ0v) is 16.6. The topological polar surface area (TPSA) is 82.5 Å². The molecule has 0 aliphatic carbocycles. The van der Waals surface area contributed by atoms with E-state index in [0.717, 1.165) is 36.4 Å². The van der Waals surface area contributed by atoms with Crippen molar-refractivity contribution in [3.8, 4) is 11.3 Å². The molecule has 0 radical (unpaired) electrons. The number of rotatable bonds is 6. The number of likely N-dealkylation sites (tertiary alicyclic amines) is 1. The molecule has 0 atom stereocenters. The number of nitrogens with zero attached hydrogens (tertiary/aromatic N) is 2. The summed E-state index contributed by atoms with van der Waals surface area (Å²) in [6.45, 7) is 6.06. The summed E-state index contributed by atoms with van der Waals surface area (Å²) >= 11 is 1.33. The number of carboxylic acids is 1. The molecule has 2 aromatic rings. The van der Waals surface area contributed by atoms with Crippen LogP contribution in [0, 0.1) is 6.92 Å². The van der Waals surface area contributed by atoms with Gasteiger partial charge in [0.15, 0.2) is 0 Å². The summed E-state index contributed by atoms with van der Waals surface area (Å²) in [5, 5.41) is 13.1.